The molecule has 0 spiro atoms. The molecule has 2 rings (SSSR count). The van der Waals surface area contributed by atoms with Crippen molar-refractivity contribution in [2.24, 2.45) is 5.73 Å². The molecule has 23 heavy (non-hydrogen) atoms. The number of hydrogen-bond acceptors (Lipinski definition) is 4. The van der Waals surface area contributed by atoms with Gasteiger partial charge in [0, 0.05) is 6.07 Å². The largest absolute Gasteiger partial charge is 0.439 e. The third-order valence-corrected chi connectivity index (χ3v) is 3.53. The van der Waals surface area contributed by atoms with Gasteiger partial charge < -0.3 is 15.8 Å². The number of pyridine rings is 1. The number of amides is 1. The van der Waals surface area contributed by atoms with Crippen LogP contribution in [0, 0.1) is 6.92 Å². The first-order valence-electron chi connectivity index (χ1n) is 7.71. The summed E-state index contributed by atoms with van der Waals surface area (Å²) in [6.07, 6.45) is 3.03. The van der Waals surface area contributed by atoms with Crippen LogP contribution in [0.3, 0.4) is 0 Å². The van der Waals surface area contributed by atoms with Crippen molar-refractivity contribution in [2.45, 2.75) is 39.2 Å². The number of nitrogens with two attached hydrogens (primary N) is 1. The van der Waals surface area contributed by atoms with Crippen molar-refractivity contribution >= 4 is 11.6 Å². The van der Waals surface area contributed by atoms with E-state index in [0.29, 0.717) is 18.0 Å². The lowest BCUT2D eigenvalue weighted by Crippen LogP contribution is -2.48. The molecule has 3 N–H and O–H groups in total. The zero-order valence-electron chi connectivity index (χ0n) is 13.8. The summed E-state index contributed by atoms with van der Waals surface area (Å²) in [6, 6.07) is 11.2. The van der Waals surface area contributed by atoms with Crippen molar-refractivity contribution < 1.29 is 9.53 Å². The van der Waals surface area contributed by atoms with Gasteiger partial charge in [-0.25, -0.2) is 4.98 Å². The molecule has 0 aliphatic heterocycles. The standard InChI is InChI=1S/C18H23N3O2/c1-4-11-18(3,19)17(22)21-14-7-10-16(20-12-14)23-15-8-5-13(2)6-9-15/h5-10,12H,4,11,19H2,1-3H3,(H,21,22). The Morgan fingerprint density at radius 1 is 1.26 bits per heavy atom. The zero-order valence-corrected chi connectivity index (χ0v) is 13.8. The van der Waals surface area contributed by atoms with Crippen LogP contribution < -0.4 is 15.8 Å². The molecule has 1 amide bonds. The number of benzene rings is 1. The highest BCUT2D eigenvalue weighted by Gasteiger charge is 2.27. The summed E-state index contributed by atoms with van der Waals surface area (Å²) < 4.78 is 5.65. The number of carbonyl (C=O) groups is 1. The van der Waals surface area contributed by atoms with Crippen molar-refractivity contribution in [1.82, 2.24) is 4.98 Å². The first kappa shape index (κ1) is 17.0. The quantitative estimate of drug-likeness (QED) is 0.853. The zero-order chi connectivity index (χ0) is 16.9. The fourth-order valence-electron chi connectivity index (χ4n) is 2.15. The van der Waals surface area contributed by atoms with Crippen LogP contribution in [0.4, 0.5) is 5.69 Å². The summed E-state index contributed by atoms with van der Waals surface area (Å²) in [7, 11) is 0. The number of anilines is 1. The Bertz CT molecular complexity index is 649. The molecule has 1 aromatic carbocycles. The number of aryl methyl sites for hydroxylation is 1. The van der Waals surface area contributed by atoms with Crippen molar-refractivity contribution in [1.29, 1.82) is 0 Å². The Morgan fingerprint density at radius 2 is 1.96 bits per heavy atom. The van der Waals surface area contributed by atoms with Crippen LogP contribution in [0.2, 0.25) is 0 Å². The molecule has 0 aliphatic carbocycles. The van der Waals surface area contributed by atoms with Gasteiger partial charge in [0.15, 0.2) is 0 Å². The second-order valence-corrected chi connectivity index (χ2v) is 5.92. The fourth-order valence-corrected chi connectivity index (χ4v) is 2.15. The number of carbonyl (C=O) groups excluding carboxylic acids is 1. The SMILES string of the molecule is CCCC(C)(N)C(=O)Nc1ccc(Oc2ccc(C)cc2)nc1. The third kappa shape index (κ3) is 4.79. The Kier molecular flexibility index (Phi) is 5.34. The van der Waals surface area contributed by atoms with Gasteiger partial charge in [-0.2, -0.15) is 0 Å². The van der Waals surface area contributed by atoms with Crippen LogP contribution in [0.5, 0.6) is 11.6 Å². The third-order valence-electron chi connectivity index (χ3n) is 3.53. The summed E-state index contributed by atoms with van der Waals surface area (Å²) in [4.78, 5) is 16.3. The lowest BCUT2D eigenvalue weighted by Gasteiger charge is -2.22. The van der Waals surface area contributed by atoms with E-state index in [2.05, 4.69) is 10.3 Å². The van der Waals surface area contributed by atoms with Gasteiger partial charge in [-0.1, -0.05) is 31.0 Å². The number of ether oxygens (including phenoxy) is 1. The second-order valence-electron chi connectivity index (χ2n) is 5.92. The molecule has 0 radical (unpaired) electrons. The summed E-state index contributed by atoms with van der Waals surface area (Å²) in [5, 5.41) is 2.78. The predicted molar refractivity (Wildman–Crippen MR) is 91.6 cm³/mol. The van der Waals surface area contributed by atoms with Gasteiger partial charge in [0.2, 0.25) is 11.8 Å². The number of hydrogen-bond donors (Lipinski definition) is 2. The van der Waals surface area contributed by atoms with Crippen LogP contribution in [0.15, 0.2) is 42.6 Å². The average molecular weight is 313 g/mol. The van der Waals surface area contributed by atoms with Crippen LogP contribution in [-0.4, -0.2) is 16.4 Å². The molecule has 0 bridgehead atoms. The molecule has 1 unspecified atom stereocenters. The minimum absolute atomic E-state index is 0.214. The lowest BCUT2D eigenvalue weighted by molar-refractivity contribution is -0.120. The molecule has 122 valence electrons. The topological polar surface area (TPSA) is 77.2 Å². The molecule has 2 aromatic rings. The summed E-state index contributed by atoms with van der Waals surface area (Å²) >= 11 is 0. The van der Waals surface area contributed by atoms with Gasteiger partial charge in [-0.15, -0.1) is 0 Å². The van der Waals surface area contributed by atoms with E-state index in [1.807, 2.05) is 38.1 Å². The first-order chi connectivity index (χ1) is 10.9. The number of nitrogens with one attached hydrogen (secondary N) is 1. The van der Waals surface area contributed by atoms with E-state index in [0.717, 1.165) is 12.2 Å². The van der Waals surface area contributed by atoms with Crippen LogP contribution >= 0.6 is 0 Å². The van der Waals surface area contributed by atoms with E-state index in [9.17, 15) is 4.79 Å². The van der Waals surface area contributed by atoms with E-state index in [4.69, 9.17) is 10.5 Å². The number of nitrogens with zero attached hydrogens (tertiary/aromatic N) is 1. The van der Waals surface area contributed by atoms with Gasteiger partial charge in [-0.05, 0) is 38.5 Å². The molecule has 1 aromatic heterocycles. The Balaban J connectivity index is 1.99. The maximum absolute atomic E-state index is 12.1. The molecule has 5 nitrogen and oxygen atoms in total. The minimum Gasteiger partial charge on any atom is -0.439 e. The monoisotopic (exact) mass is 313 g/mol. The van der Waals surface area contributed by atoms with E-state index in [1.165, 1.54) is 5.56 Å². The normalized spacial score (nSPS) is 13.2. The number of aromatic nitrogens is 1. The molecule has 0 aliphatic rings. The molecular formula is C18H23N3O2. The van der Waals surface area contributed by atoms with Gasteiger partial charge in [0.25, 0.3) is 0 Å². The fraction of sp³-hybridized carbons (Fsp3) is 0.333. The molecule has 1 heterocycles. The van der Waals surface area contributed by atoms with Gasteiger partial charge in [-0.3, -0.25) is 4.79 Å². The highest BCUT2D eigenvalue weighted by atomic mass is 16.5. The van der Waals surface area contributed by atoms with E-state index < -0.39 is 5.54 Å². The Labute approximate surface area is 136 Å². The summed E-state index contributed by atoms with van der Waals surface area (Å²) in [5.74, 6) is 0.974. The van der Waals surface area contributed by atoms with E-state index >= 15 is 0 Å². The van der Waals surface area contributed by atoms with E-state index in [1.54, 1.807) is 25.3 Å². The van der Waals surface area contributed by atoms with Crippen LogP contribution in [-0.2, 0) is 4.79 Å². The van der Waals surface area contributed by atoms with Crippen molar-refractivity contribution in [3.8, 4) is 11.6 Å². The van der Waals surface area contributed by atoms with Crippen molar-refractivity contribution in [3.05, 3.63) is 48.2 Å². The summed E-state index contributed by atoms with van der Waals surface area (Å²) in [6.45, 7) is 5.74. The maximum Gasteiger partial charge on any atom is 0.244 e. The van der Waals surface area contributed by atoms with Gasteiger partial charge in [0.1, 0.15) is 5.75 Å². The summed E-state index contributed by atoms with van der Waals surface area (Å²) in [5.41, 5.74) is 6.89. The predicted octanol–water partition coefficient (Wildman–Crippen LogP) is 3.64. The second kappa shape index (κ2) is 7.24. The molecule has 0 saturated heterocycles. The lowest BCUT2D eigenvalue weighted by atomic mass is 9.96. The smallest absolute Gasteiger partial charge is 0.244 e. The highest BCUT2D eigenvalue weighted by molar-refractivity contribution is 5.97. The van der Waals surface area contributed by atoms with Crippen molar-refractivity contribution in [2.75, 3.05) is 5.32 Å². The van der Waals surface area contributed by atoms with Gasteiger partial charge in [0.05, 0.1) is 17.4 Å². The minimum atomic E-state index is -0.883. The maximum atomic E-state index is 12.1. The Morgan fingerprint density at radius 3 is 2.52 bits per heavy atom. The molecular weight excluding hydrogens is 290 g/mol. The van der Waals surface area contributed by atoms with Crippen molar-refractivity contribution in [3.63, 3.8) is 0 Å². The molecule has 5 heteroatoms. The van der Waals surface area contributed by atoms with Crippen LogP contribution in [0.25, 0.3) is 0 Å². The Hall–Kier alpha value is -2.40. The highest BCUT2D eigenvalue weighted by Crippen LogP contribution is 2.21. The van der Waals surface area contributed by atoms with Crippen LogP contribution in [0.1, 0.15) is 32.3 Å². The van der Waals surface area contributed by atoms with Gasteiger partial charge >= 0.3 is 0 Å². The molecule has 0 saturated carbocycles. The molecule has 1 atom stereocenters. The number of rotatable bonds is 6. The molecule has 0 fully saturated rings. The average Bonchev–Trinajstić information content (AvgIpc) is 2.51. The van der Waals surface area contributed by atoms with E-state index in [-0.39, 0.29) is 5.91 Å². The first-order valence-corrected chi connectivity index (χ1v) is 7.71.